The normalized spacial score (nSPS) is 21.5. The average molecular weight is 362 g/mol. The number of hydrogen-bond donors (Lipinski definition) is 0. The summed E-state index contributed by atoms with van der Waals surface area (Å²) in [7, 11) is 1.92. The Balaban J connectivity index is 1.70. The van der Waals surface area contributed by atoms with Crippen molar-refractivity contribution in [2.75, 3.05) is 30.9 Å². The molecule has 4 rings (SSSR count). The number of morpholine rings is 1. The smallest absolute Gasteiger partial charge is 0.176 e. The van der Waals surface area contributed by atoms with E-state index < -0.39 is 5.60 Å². The Morgan fingerprint density at radius 2 is 2.25 bits per heavy atom. The van der Waals surface area contributed by atoms with Gasteiger partial charge in [-0.25, -0.2) is 15.0 Å². The van der Waals surface area contributed by atoms with E-state index in [9.17, 15) is 0 Å². The molecule has 0 bridgehead atoms. The Kier molecular flexibility index (Phi) is 3.93. The minimum Gasteiger partial charge on any atom is -0.367 e. The fourth-order valence-electron chi connectivity index (χ4n) is 2.96. The van der Waals surface area contributed by atoms with Gasteiger partial charge < -0.3 is 9.64 Å². The van der Waals surface area contributed by atoms with Crippen LogP contribution in [0.25, 0.3) is 10.3 Å². The van der Waals surface area contributed by atoms with E-state index in [1.54, 1.807) is 34.1 Å². The number of ether oxygens (including phenoxy) is 1. The van der Waals surface area contributed by atoms with Crippen LogP contribution < -0.4 is 4.90 Å². The summed E-state index contributed by atoms with van der Waals surface area (Å²) in [6.45, 7) is 4.27. The van der Waals surface area contributed by atoms with Crippen molar-refractivity contribution >= 4 is 39.3 Å². The Hall–Kier alpha value is -1.71. The van der Waals surface area contributed by atoms with Crippen LogP contribution in [0.2, 0.25) is 0 Å². The van der Waals surface area contributed by atoms with Crippen LogP contribution in [0.1, 0.15) is 12.5 Å². The maximum absolute atomic E-state index is 6.10. The number of thioether (sulfide) groups is 1. The first kappa shape index (κ1) is 15.8. The van der Waals surface area contributed by atoms with Crippen LogP contribution in [0.3, 0.4) is 0 Å². The molecule has 7 nitrogen and oxygen atoms in total. The standard InChI is InChI=1S/C15H18N6OS2/c1-15(10-6-18-20(2)7-10)8-21(4-5-22-15)13-11-12(16-9-17-13)19-14(23-3)24-11/h6-7,9H,4-5,8H2,1-3H3. The van der Waals surface area contributed by atoms with Crippen molar-refractivity contribution in [1.82, 2.24) is 24.7 Å². The molecule has 126 valence electrons. The van der Waals surface area contributed by atoms with Gasteiger partial charge in [-0.1, -0.05) is 11.8 Å². The van der Waals surface area contributed by atoms with E-state index in [0.717, 1.165) is 39.2 Å². The van der Waals surface area contributed by atoms with Crippen LogP contribution in [0, 0.1) is 0 Å². The number of hydrogen-bond acceptors (Lipinski definition) is 8. The average Bonchev–Trinajstić information content (AvgIpc) is 3.20. The van der Waals surface area contributed by atoms with Gasteiger partial charge in [0.2, 0.25) is 0 Å². The molecule has 0 radical (unpaired) electrons. The molecule has 1 unspecified atom stereocenters. The van der Waals surface area contributed by atoms with Crippen LogP contribution >= 0.6 is 23.1 Å². The fourth-order valence-corrected chi connectivity index (χ4v) is 4.49. The number of fused-ring (bicyclic) bond motifs is 1. The lowest BCUT2D eigenvalue weighted by molar-refractivity contribution is -0.0467. The van der Waals surface area contributed by atoms with Gasteiger partial charge in [0.15, 0.2) is 15.8 Å². The monoisotopic (exact) mass is 362 g/mol. The molecule has 0 spiro atoms. The van der Waals surface area contributed by atoms with E-state index in [-0.39, 0.29) is 0 Å². The van der Waals surface area contributed by atoms with Crippen LogP contribution in [-0.2, 0) is 17.4 Å². The molecule has 3 aromatic heterocycles. The van der Waals surface area contributed by atoms with Crippen molar-refractivity contribution in [3.8, 4) is 0 Å². The Bertz CT molecular complexity index is 878. The molecule has 0 N–H and O–H groups in total. The van der Waals surface area contributed by atoms with Gasteiger partial charge in [-0.05, 0) is 13.2 Å². The summed E-state index contributed by atoms with van der Waals surface area (Å²) >= 11 is 3.28. The molecule has 3 aromatic rings. The van der Waals surface area contributed by atoms with Gasteiger partial charge in [0, 0.05) is 25.4 Å². The summed E-state index contributed by atoms with van der Waals surface area (Å²) in [6, 6.07) is 0. The van der Waals surface area contributed by atoms with Crippen molar-refractivity contribution < 1.29 is 4.74 Å². The molecule has 1 fully saturated rings. The number of nitrogens with zero attached hydrogens (tertiary/aromatic N) is 6. The summed E-state index contributed by atoms with van der Waals surface area (Å²) in [4.78, 5) is 15.7. The van der Waals surface area contributed by atoms with Crippen molar-refractivity contribution in [1.29, 1.82) is 0 Å². The second-order valence-electron chi connectivity index (χ2n) is 5.94. The summed E-state index contributed by atoms with van der Waals surface area (Å²) in [5.41, 5.74) is 1.44. The zero-order valence-electron chi connectivity index (χ0n) is 13.8. The third-order valence-corrected chi connectivity index (χ3v) is 6.24. The predicted octanol–water partition coefficient (Wildman–Crippen LogP) is 2.29. The van der Waals surface area contributed by atoms with Crippen molar-refractivity contribution in [3.63, 3.8) is 0 Å². The first-order valence-corrected chi connectivity index (χ1v) is 9.67. The topological polar surface area (TPSA) is 69.0 Å². The van der Waals surface area contributed by atoms with Crippen LogP contribution in [0.4, 0.5) is 5.82 Å². The third kappa shape index (κ3) is 2.66. The highest BCUT2D eigenvalue weighted by molar-refractivity contribution is 8.00. The summed E-state index contributed by atoms with van der Waals surface area (Å²) < 4.78 is 9.95. The molecule has 0 aromatic carbocycles. The highest BCUT2D eigenvalue weighted by Gasteiger charge is 2.36. The van der Waals surface area contributed by atoms with Crippen LogP contribution in [-0.4, -0.2) is 50.7 Å². The van der Waals surface area contributed by atoms with E-state index in [0.29, 0.717) is 6.61 Å². The molecule has 0 saturated carbocycles. The molecule has 1 aliphatic heterocycles. The van der Waals surface area contributed by atoms with Crippen molar-refractivity contribution in [3.05, 3.63) is 24.3 Å². The molecule has 4 heterocycles. The molecule has 24 heavy (non-hydrogen) atoms. The van der Waals surface area contributed by atoms with E-state index in [2.05, 4.69) is 31.9 Å². The van der Waals surface area contributed by atoms with Gasteiger partial charge in [0.25, 0.3) is 0 Å². The van der Waals surface area contributed by atoms with E-state index in [4.69, 9.17) is 4.74 Å². The third-order valence-electron chi connectivity index (χ3n) is 4.22. The number of rotatable bonds is 3. The lowest BCUT2D eigenvalue weighted by Crippen LogP contribution is -2.48. The highest BCUT2D eigenvalue weighted by Crippen LogP contribution is 2.36. The van der Waals surface area contributed by atoms with E-state index in [1.165, 1.54) is 0 Å². The number of anilines is 1. The summed E-state index contributed by atoms with van der Waals surface area (Å²) in [5, 5.41) is 4.28. The van der Waals surface area contributed by atoms with Gasteiger partial charge in [-0.3, -0.25) is 4.68 Å². The largest absolute Gasteiger partial charge is 0.367 e. The van der Waals surface area contributed by atoms with Gasteiger partial charge in [0.05, 0.1) is 19.3 Å². The van der Waals surface area contributed by atoms with Crippen molar-refractivity contribution in [2.24, 2.45) is 7.05 Å². The Morgan fingerprint density at radius 1 is 1.38 bits per heavy atom. The second kappa shape index (κ2) is 5.98. The van der Waals surface area contributed by atoms with Crippen LogP contribution in [0.5, 0.6) is 0 Å². The number of thiazole rings is 1. The Labute approximate surface area is 148 Å². The molecular formula is C15H18N6OS2. The van der Waals surface area contributed by atoms with Crippen LogP contribution in [0.15, 0.2) is 23.1 Å². The first-order valence-electron chi connectivity index (χ1n) is 7.62. The summed E-state index contributed by atoms with van der Waals surface area (Å²) in [6.07, 6.45) is 7.51. The molecule has 0 amide bonds. The molecule has 1 saturated heterocycles. The van der Waals surface area contributed by atoms with Gasteiger partial charge in [-0.15, -0.1) is 11.3 Å². The maximum Gasteiger partial charge on any atom is 0.176 e. The fraction of sp³-hybridized carbons (Fsp3) is 0.467. The quantitative estimate of drug-likeness (QED) is 0.662. The zero-order chi connectivity index (χ0) is 16.7. The van der Waals surface area contributed by atoms with Gasteiger partial charge in [0.1, 0.15) is 16.6 Å². The van der Waals surface area contributed by atoms with E-state index in [1.807, 2.05) is 25.7 Å². The lowest BCUT2D eigenvalue weighted by Gasteiger charge is -2.40. The molecule has 0 aliphatic carbocycles. The molecule has 1 aliphatic rings. The molecule has 9 heteroatoms. The first-order chi connectivity index (χ1) is 11.6. The molecule has 1 atom stereocenters. The minimum atomic E-state index is -0.406. The minimum absolute atomic E-state index is 0.406. The van der Waals surface area contributed by atoms with E-state index >= 15 is 0 Å². The highest BCUT2D eigenvalue weighted by atomic mass is 32.2. The predicted molar refractivity (Wildman–Crippen MR) is 95.7 cm³/mol. The van der Waals surface area contributed by atoms with Gasteiger partial charge >= 0.3 is 0 Å². The second-order valence-corrected chi connectivity index (χ2v) is 7.99. The maximum atomic E-state index is 6.10. The zero-order valence-corrected chi connectivity index (χ0v) is 15.4. The SMILES string of the molecule is CSc1nc2ncnc(N3CCOC(C)(c4cnn(C)c4)C3)c2s1. The number of aryl methyl sites for hydroxylation is 1. The summed E-state index contributed by atoms with van der Waals surface area (Å²) in [5.74, 6) is 0.941. The lowest BCUT2D eigenvalue weighted by atomic mass is 9.97. The van der Waals surface area contributed by atoms with Crippen molar-refractivity contribution in [2.45, 2.75) is 16.9 Å². The molecular weight excluding hydrogens is 344 g/mol. The Morgan fingerprint density at radius 3 is 3.00 bits per heavy atom. The number of aromatic nitrogens is 5. The van der Waals surface area contributed by atoms with Gasteiger partial charge in [-0.2, -0.15) is 5.10 Å².